The van der Waals surface area contributed by atoms with Crippen LogP contribution in [0.15, 0.2) is 316 Å². The molecule has 6 nitrogen and oxygen atoms in total. The third kappa shape index (κ3) is 13.6. The van der Waals surface area contributed by atoms with E-state index in [1.807, 2.05) is 60.7 Å². The van der Waals surface area contributed by atoms with Crippen LogP contribution < -0.4 is 26.0 Å². The minimum atomic E-state index is 0.864. The van der Waals surface area contributed by atoms with E-state index in [9.17, 15) is 0 Å². The number of fused-ring (bicyclic) bond motifs is 5. The second kappa shape index (κ2) is 25.4. The van der Waals surface area contributed by atoms with E-state index in [0.717, 1.165) is 51.4 Å². The Labute approximate surface area is 467 Å². The fourth-order valence-electron chi connectivity index (χ4n) is 9.47. The van der Waals surface area contributed by atoms with Gasteiger partial charge in [0.15, 0.2) is 0 Å². The Bertz CT molecular complexity index is 4210. The van der Waals surface area contributed by atoms with Gasteiger partial charge in [0.25, 0.3) is 0 Å². The maximum absolute atomic E-state index is 5.15. The first-order valence-corrected chi connectivity index (χ1v) is 26.8. The molecule has 14 rings (SSSR count). The van der Waals surface area contributed by atoms with Crippen molar-refractivity contribution in [1.29, 1.82) is 0 Å². The van der Waals surface area contributed by atoms with Crippen molar-refractivity contribution in [1.82, 2.24) is 4.98 Å². The Morgan fingerprint density at radius 1 is 0.237 bits per heavy atom. The number of hydrogen-bond donors (Lipinski definition) is 4. The van der Waals surface area contributed by atoms with Gasteiger partial charge >= 0.3 is 0 Å². The van der Waals surface area contributed by atoms with Crippen LogP contribution in [0.4, 0.5) is 45.6 Å². The van der Waals surface area contributed by atoms with E-state index in [1.54, 1.807) is 13.3 Å². The molecular formula is C74H59N5O. The number of nitrogens with zero attached hydrogens (tertiary/aromatic N) is 1. The number of nitrogens with one attached hydrogen (secondary N) is 4. The summed E-state index contributed by atoms with van der Waals surface area (Å²) in [5, 5.41) is 26.2. The Hall–Kier alpha value is -10.7. The van der Waals surface area contributed by atoms with Gasteiger partial charge in [0.1, 0.15) is 11.6 Å². The van der Waals surface area contributed by atoms with Gasteiger partial charge in [0.05, 0.1) is 7.11 Å². The van der Waals surface area contributed by atoms with Crippen molar-refractivity contribution < 1.29 is 4.74 Å². The van der Waals surface area contributed by atoms with Crippen LogP contribution in [0.25, 0.3) is 65.0 Å². The highest BCUT2D eigenvalue weighted by Gasteiger charge is 2.03. The van der Waals surface area contributed by atoms with E-state index >= 15 is 0 Å². The van der Waals surface area contributed by atoms with Crippen LogP contribution in [0.3, 0.4) is 0 Å². The number of hydrogen-bond acceptors (Lipinski definition) is 6. The fraction of sp³-hybridized carbons (Fsp3) is 0.0135. The van der Waals surface area contributed by atoms with E-state index in [4.69, 9.17) is 4.74 Å². The lowest BCUT2D eigenvalue weighted by molar-refractivity contribution is 0.415. The topological polar surface area (TPSA) is 70.2 Å². The molecule has 0 saturated heterocycles. The highest BCUT2D eigenvalue weighted by molar-refractivity contribution is 5.91. The van der Waals surface area contributed by atoms with Crippen molar-refractivity contribution in [2.24, 2.45) is 0 Å². The minimum Gasteiger partial charge on any atom is -0.497 e. The first kappa shape index (κ1) is 51.4. The molecule has 0 aliphatic carbocycles. The van der Waals surface area contributed by atoms with Crippen molar-refractivity contribution in [3.63, 3.8) is 0 Å². The summed E-state index contributed by atoms with van der Waals surface area (Å²) in [6.07, 6.45) is 1.78. The molecule has 0 saturated carbocycles. The average molecular weight is 1030 g/mol. The van der Waals surface area contributed by atoms with Gasteiger partial charge in [0.2, 0.25) is 0 Å². The quantitative estimate of drug-likeness (QED) is 0.109. The van der Waals surface area contributed by atoms with Crippen LogP contribution in [0, 0.1) is 0 Å². The lowest BCUT2D eigenvalue weighted by Gasteiger charge is -2.09. The molecule has 0 aliphatic rings. The van der Waals surface area contributed by atoms with Crippen LogP contribution in [0.2, 0.25) is 0 Å². The molecule has 0 bridgehead atoms. The first-order valence-electron chi connectivity index (χ1n) is 26.8. The SMILES string of the molecule is COc1ccc(Nc2ccc3ccccc3c2)cc1.c1ccc(-c2ccc(Nc3ccc4ccccc4c3)cc2)cc1.c1ccc(Nc2ccc3ccccc3c2)nc1.c1ccc2cc(Nc3ccc4ccccc4c3)ccc2c1. The summed E-state index contributed by atoms with van der Waals surface area (Å²) in [5.74, 6) is 1.73. The van der Waals surface area contributed by atoms with E-state index in [1.165, 1.54) is 65.0 Å². The van der Waals surface area contributed by atoms with Crippen molar-refractivity contribution >= 4 is 99.5 Å². The third-order valence-corrected chi connectivity index (χ3v) is 13.6. The zero-order chi connectivity index (χ0) is 54.1. The number of methoxy groups -OCH3 is 1. The predicted molar refractivity (Wildman–Crippen MR) is 342 cm³/mol. The van der Waals surface area contributed by atoms with Crippen LogP contribution >= 0.6 is 0 Å². The van der Waals surface area contributed by atoms with Gasteiger partial charge in [-0.3, -0.25) is 0 Å². The number of ether oxygens (including phenoxy) is 1. The largest absolute Gasteiger partial charge is 0.497 e. The maximum Gasteiger partial charge on any atom is 0.130 e. The Kier molecular flexibility index (Phi) is 16.3. The number of aromatic nitrogens is 1. The molecule has 386 valence electrons. The number of pyridine rings is 1. The van der Waals surface area contributed by atoms with Gasteiger partial charge in [-0.25, -0.2) is 4.98 Å². The normalized spacial score (nSPS) is 10.6. The predicted octanol–water partition coefficient (Wildman–Crippen LogP) is 20.6. The van der Waals surface area contributed by atoms with Gasteiger partial charge in [-0.15, -0.1) is 0 Å². The van der Waals surface area contributed by atoms with Crippen molar-refractivity contribution in [2.45, 2.75) is 0 Å². The first-order chi connectivity index (χ1) is 39.5. The van der Waals surface area contributed by atoms with Crippen LogP contribution in [0.1, 0.15) is 0 Å². The molecule has 13 aromatic carbocycles. The summed E-state index contributed by atoms with van der Waals surface area (Å²) in [6.45, 7) is 0. The summed E-state index contributed by atoms with van der Waals surface area (Å²) in [5.41, 5.74) is 10.1. The molecule has 0 radical (unpaired) electrons. The summed E-state index contributed by atoms with van der Waals surface area (Å²) in [4.78, 5) is 4.24. The second-order valence-electron chi connectivity index (χ2n) is 19.2. The molecule has 0 spiro atoms. The maximum atomic E-state index is 5.15. The van der Waals surface area contributed by atoms with E-state index in [0.29, 0.717) is 0 Å². The van der Waals surface area contributed by atoms with Crippen LogP contribution in [-0.4, -0.2) is 12.1 Å². The van der Waals surface area contributed by atoms with Crippen molar-refractivity contribution in [2.75, 3.05) is 28.4 Å². The summed E-state index contributed by atoms with van der Waals surface area (Å²) in [7, 11) is 1.67. The lowest BCUT2D eigenvalue weighted by Crippen LogP contribution is -1.92. The highest BCUT2D eigenvalue weighted by atomic mass is 16.5. The minimum absolute atomic E-state index is 0.864. The van der Waals surface area contributed by atoms with E-state index in [2.05, 4.69) is 275 Å². The van der Waals surface area contributed by atoms with Crippen molar-refractivity contribution in [3.05, 3.63) is 316 Å². The number of benzene rings is 13. The van der Waals surface area contributed by atoms with Gasteiger partial charge in [-0.05, 0) is 174 Å². The third-order valence-electron chi connectivity index (χ3n) is 13.6. The number of anilines is 8. The molecule has 0 atom stereocenters. The molecule has 4 N–H and O–H groups in total. The monoisotopic (exact) mass is 1030 g/mol. The zero-order valence-corrected chi connectivity index (χ0v) is 44.4. The zero-order valence-electron chi connectivity index (χ0n) is 44.4. The molecule has 0 unspecified atom stereocenters. The van der Waals surface area contributed by atoms with Gasteiger partial charge in [0, 0.05) is 46.0 Å². The molecule has 1 aromatic heterocycles. The Balaban J connectivity index is 0.000000113. The van der Waals surface area contributed by atoms with Crippen molar-refractivity contribution in [3.8, 4) is 16.9 Å². The van der Waals surface area contributed by atoms with Crippen LogP contribution in [0.5, 0.6) is 5.75 Å². The summed E-state index contributed by atoms with van der Waals surface area (Å²) < 4.78 is 5.15. The van der Waals surface area contributed by atoms with Gasteiger partial charge in [-0.1, -0.05) is 200 Å². The van der Waals surface area contributed by atoms with Crippen LogP contribution in [-0.2, 0) is 0 Å². The number of rotatable bonds is 10. The molecule has 6 heteroatoms. The molecule has 0 amide bonds. The highest BCUT2D eigenvalue weighted by Crippen LogP contribution is 2.29. The standard InChI is InChI=1S/C22H17N.C20H15N.C17H15NO.C15H12N2/c1-2-6-17(7-3-1)19-10-13-21(14-11-19)23-22-15-12-18-8-4-5-9-20(18)16-22;1-3-7-17-13-19(11-9-15(17)5-1)21-20-12-10-16-6-2-4-8-18(16)14-20;1-19-17-10-8-15(9-11-17)18-16-7-6-13-4-2-3-5-14(13)12-16;1-2-6-13-11-14(9-8-12(13)5-1)17-15-7-3-4-10-16-15/h1-16,23H;1-14,21H;2-12,18H,1H3;1-11H,(H,16,17). The molecule has 0 aliphatic heterocycles. The fourth-order valence-corrected chi connectivity index (χ4v) is 9.47. The molecule has 0 fully saturated rings. The van der Waals surface area contributed by atoms with E-state index < -0.39 is 0 Å². The molecule has 1 heterocycles. The Morgan fingerprint density at radius 3 is 0.875 bits per heavy atom. The Morgan fingerprint density at radius 2 is 0.525 bits per heavy atom. The summed E-state index contributed by atoms with van der Waals surface area (Å²) in [6, 6.07) is 107. The second-order valence-corrected chi connectivity index (χ2v) is 19.2. The smallest absolute Gasteiger partial charge is 0.130 e. The lowest BCUT2D eigenvalue weighted by atomic mass is 10.1. The molecular weight excluding hydrogens is 975 g/mol. The van der Waals surface area contributed by atoms with Gasteiger partial charge in [-0.2, -0.15) is 0 Å². The summed E-state index contributed by atoms with van der Waals surface area (Å²) >= 11 is 0. The van der Waals surface area contributed by atoms with Gasteiger partial charge < -0.3 is 26.0 Å². The average Bonchev–Trinajstić information content (AvgIpc) is 3.52. The van der Waals surface area contributed by atoms with E-state index in [-0.39, 0.29) is 0 Å². The molecule has 14 aromatic rings. The molecule has 80 heavy (non-hydrogen) atoms.